The van der Waals surface area contributed by atoms with E-state index >= 15 is 0 Å². The van der Waals surface area contributed by atoms with Crippen LogP contribution in [0.5, 0.6) is 0 Å². The van der Waals surface area contributed by atoms with Crippen LogP contribution in [0, 0.1) is 3.57 Å². The topological polar surface area (TPSA) is 50.9 Å². The van der Waals surface area contributed by atoms with Crippen molar-refractivity contribution in [2.75, 3.05) is 5.32 Å². The molecule has 0 unspecified atom stereocenters. The lowest BCUT2D eigenvalue weighted by Gasteiger charge is -2.27. The molecular weight excluding hydrogens is 336 g/mol. The molecule has 0 aliphatic heterocycles. The van der Waals surface area contributed by atoms with Crippen LogP contribution in [0.15, 0.2) is 12.1 Å². The molecule has 0 saturated heterocycles. The summed E-state index contributed by atoms with van der Waals surface area (Å²) in [5.74, 6) is 0.873. The second-order valence-electron chi connectivity index (χ2n) is 4.25. The number of nitrogens with two attached hydrogens (primary N) is 1. The van der Waals surface area contributed by atoms with Gasteiger partial charge in [0.2, 0.25) is 0 Å². The smallest absolute Gasteiger partial charge is 0.132 e. The SMILES string of the molecule is N[C@H]1CC[C@H](Nc2cc(I)cc(Cl)n2)CC1. The van der Waals surface area contributed by atoms with Gasteiger partial charge in [-0.2, -0.15) is 0 Å². The van der Waals surface area contributed by atoms with Crippen molar-refractivity contribution in [3.8, 4) is 0 Å². The Morgan fingerprint density at radius 1 is 1.31 bits per heavy atom. The minimum atomic E-state index is 0.380. The molecule has 0 atom stereocenters. The highest BCUT2D eigenvalue weighted by atomic mass is 127. The monoisotopic (exact) mass is 351 g/mol. The molecule has 2 rings (SSSR count). The van der Waals surface area contributed by atoms with Crippen molar-refractivity contribution in [3.05, 3.63) is 20.9 Å². The van der Waals surface area contributed by atoms with Crippen LogP contribution >= 0.6 is 34.2 Å². The van der Waals surface area contributed by atoms with E-state index in [1.165, 1.54) is 0 Å². The quantitative estimate of drug-likeness (QED) is 0.636. The number of pyridine rings is 1. The van der Waals surface area contributed by atoms with Crippen LogP contribution in [0.3, 0.4) is 0 Å². The van der Waals surface area contributed by atoms with Gasteiger partial charge >= 0.3 is 0 Å². The maximum atomic E-state index is 5.92. The van der Waals surface area contributed by atoms with E-state index < -0.39 is 0 Å². The highest BCUT2D eigenvalue weighted by Gasteiger charge is 2.18. The Morgan fingerprint density at radius 2 is 2.00 bits per heavy atom. The van der Waals surface area contributed by atoms with Crippen LogP contribution in [-0.2, 0) is 0 Å². The predicted octanol–water partition coefficient (Wildman–Crippen LogP) is 3.02. The Balaban J connectivity index is 1.98. The van der Waals surface area contributed by atoms with Gasteiger partial charge in [0.1, 0.15) is 11.0 Å². The second-order valence-corrected chi connectivity index (χ2v) is 5.88. The zero-order chi connectivity index (χ0) is 11.5. The number of aromatic nitrogens is 1. The Hall–Kier alpha value is -0.0700. The van der Waals surface area contributed by atoms with Gasteiger partial charge in [-0.25, -0.2) is 4.98 Å². The van der Waals surface area contributed by atoms with Crippen LogP contribution < -0.4 is 11.1 Å². The summed E-state index contributed by atoms with van der Waals surface area (Å²) in [6.07, 6.45) is 4.42. The lowest BCUT2D eigenvalue weighted by molar-refractivity contribution is 0.410. The molecule has 1 aromatic heterocycles. The number of anilines is 1. The first kappa shape index (κ1) is 12.4. The molecule has 0 amide bonds. The predicted molar refractivity (Wildman–Crippen MR) is 75.8 cm³/mol. The molecule has 16 heavy (non-hydrogen) atoms. The third-order valence-electron chi connectivity index (χ3n) is 2.88. The van der Waals surface area contributed by atoms with Gasteiger partial charge in [0.15, 0.2) is 0 Å². The summed E-state index contributed by atoms with van der Waals surface area (Å²) in [5.41, 5.74) is 5.87. The number of nitrogens with zero attached hydrogens (tertiary/aromatic N) is 1. The molecule has 1 heterocycles. The fraction of sp³-hybridized carbons (Fsp3) is 0.545. The van der Waals surface area contributed by atoms with Gasteiger partial charge in [-0.15, -0.1) is 0 Å². The summed E-state index contributed by atoms with van der Waals surface area (Å²) in [4.78, 5) is 4.27. The average Bonchev–Trinajstić information content (AvgIpc) is 2.20. The number of hydrogen-bond acceptors (Lipinski definition) is 3. The third kappa shape index (κ3) is 3.46. The summed E-state index contributed by atoms with van der Waals surface area (Å²) in [6.45, 7) is 0. The van der Waals surface area contributed by atoms with E-state index in [0.717, 1.165) is 35.1 Å². The van der Waals surface area contributed by atoms with Crippen molar-refractivity contribution in [1.29, 1.82) is 0 Å². The van der Waals surface area contributed by atoms with E-state index in [9.17, 15) is 0 Å². The van der Waals surface area contributed by atoms with Crippen molar-refractivity contribution in [3.63, 3.8) is 0 Å². The van der Waals surface area contributed by atoms with Gasteiger partial charge in [0.05, 0.1) is 0 Å². The molecule has 1 fully saturated rings. The van der Waals surface area contributed by atoms with Gasteiger partial charge in [0.25, 0.3) is 0 Å². The van der Waals surface area contributed by atoms with Crippen molar-refractivity contribution in [1.82, 2.24) is 4.98 Å². The van der Waals surface area contributed by atoms with Gasteiger partial charge in [-0.05, 0) is 60.4 Å². The van der Waals surface area contributed by atoms with E-state index in [2.05, 4.69) is 32.9 Å². The van der Waals surface area contributed by atoms with Crippen LogP contribution in [0.4, 0.5) is 5.82 Å². The summed E-state index contributed by atoms with van der Waals surface area (Å²) in [6, 6.07) is 4.73. The van der Waals surface area contributed by atoms with E-state index in [1.54, 1.807) is 0 Å². The molecule has 0 radical (unpaired) electrons. The minimum Gasteiger partial charge on any atom is -0.367 e. The third-order valence-corrected chi connectivity index (χ3v) is 3.70. The van der Waals surface area contributed by atoms with Gasteiger partial charge < -0.3 is 11.1 Å². The Morgan fingerprint density at radius 3 is 2.62 bits per heavy atom. The minimum absolute atomic E-state index is 0.380. The molecule has 5 heteroatoms. The molecule has 0 bridgehead atoms. The molecule has 88 valence electrons. The molecule has 3 N–H and O–H groups in total. The maximum absolute atomic E-state index is 5.92. The van der Waals surface area contributed by atoms with Crippen LogP contribution in [0.25, 0.3) is 0 Å². The second kappa shape index (κ2) is 5.51. The normalized spacial score (nSPS) is 25.4. The first-order chi connectivity index (χ1) is 7.63. The summed E-state index contributed by atoms with van der Waals surface area (Å²) < 4.78 is 1.10. The zero-order valence-electron chi connectivity index (χ0n) is 8.92. The highest BCUT2D eigenvalue weighted by molar-refractivity contribution is 14.1. The van der Waals surface area contributed by atoms with Gasteiger partial charge in [-0.3, -0.25) is 0 Å². The van der Waals surface area contributed by atoms with E-state index in [1.807, 2.05) is 12.1 Å². The average molecular weight is 352 g/mol. The van der Waals surface area contributed by atoms with E-state index in [4.69, 9.17) is 17.3 Å². The van der Waals surface area contributed by atoms with Gasteiger partial charge in [0, 0.05) is 15.7 Å². The standard InChI is InChI=1S/C11H15ClIN3/c12-10-5-7(13)6-11(16-10)15-9-3-1-8(14)2-4-9/h5-6,8-9H,1-4,14H2,(H,15,16)/t8-,9-. The Bertz CT molecular complexity index is 344. The summed E-state index contributed by atoms with van der Waals surface area (Å²) >= 11 is 8.16. The fourth-order valence-electron chi connectivity index (χ4n) is 2.01. The molecule has 0 spiro atoms. The maximum Gasteiger partial charge on any atom is 0.132 e. The Labute approximate surface area is 114 Å². The van der Waals surface area contributed by atoms with Crippen LogP contribution in [0.1, 0.15) is 25.7 Å². The van der Waals surface area contributed by atoms with E-state index in [-0.39, 0.29) is 0 Å². The van der Waals surface area contributed by atoms with E-state index in [0.29, 0.717) is 17.2 Å². The van der Waals surface area contributed by atoms with Crippen molar-refractivity contribution in [2.24, 2.45) is 5.73 Å². The molecule has 3 nitrogen and oxygen atoms in total. The largest absolute Gasteiger partial charge is 0.367 e. The molecule has 0 aromatic carbocycles. The van der Waals surface area contributed by atoms with Crippen molar-refractivity contribution in [2.45, 2.75) is 37.8 Å². The number of nitrogens with one attached hydrogen (secondary N) is 1. The van der Waals surface area contributed by atoms with Crippen LogP contribution in [0.2, 0.25) is 5.15 Å². The highest BCUT2D eigenvalue weighted by Crippen LogP contribution is 2.22. The first-order valence-electron chi connectivity index (χ1n) is 5.48. The summed E-state index contributed by atoms with van der Waals surface area (Å²) in [5, 5.41) is 3.97. The van der Waals surface area contributed by atoms with Gasteiger partial charge in [-0.1, -0.05) is 11.6 Å². The number of rotatable bonds is 2. The molecule has 1 aliphatic carbocycles. The Kier molecular flexibility index (Phi) is 4.27. The number of hydrogen-bond donors (Lipinski definition) is 2. The van der Waals surface area contributed by atoms with Crippen molar-refractivity contribution < 1.29 is 0 Å². The zero-order valence-corrected chi connectivity index (χ0v) is 11.8. The fourth-order valence-corrected chi connectivity index (χ4v) is 2.99. The lowest BCUT2D eigenvalue weighted by Crippen LogP contribution is -2.33. The lowest BCUT2D eigenvalue weighted by atomic mass is 9.92. The molecule has 1 aliphatic rings. The first-order valence-corrected chi connectivity index (χ1v) is 6.94. The molecule has 1 aromatic rings. The molecule has 1 saturated carbocycles. The van der Waals surface area contributed by atoms with Crippen molar-refractivity contribution >= 4 is 40.0 Å². The molecular formula is C11H15ClIN3. The summed E-state index contributed by atoms with van der Waals surface area (Å²) in [7, 11) is 0. The van der Waals surface area contributed by atoms with Crippen LogP contribution in [-0.4, -0.2) is 17.1 Å². The number of halogens is 2.